The van der Waals surface area contributed by atoms with Crippen molar-refractivity contribution in [1.82, 2.24) is 35.1 Å². The lowest BCUT2D eigenvalue weighted by Crippen LogP contribution is -2.55. The van der Waals surface area contributed by atoms with E-state index in [-0.39, 0.29) is 30.1 Å². The minimum Gasteiger partial charge on any atom is -0.488 e. The summed E-state index contributed by atoms with van der Waals surface area (Å²) in [5, 5.41) is 4.66. The normalized spacial score (nSPS) is 21.5. The first-order chi connectivity index (χ1) is 27.2. The first-order valence-corrected chi connectivity index (χ1v) is 19.7. The molecular formula is C43H51N7O7. The van der Waals surface area contributed by atoms with Gasteiger partial charge in [0.05, 0.1) is 48.2 Å². The summed E-state index contributed by atoms with van der Waals surface area (Å²) in [6.07, 6.45) is 2.57. The molecule has 3 aliphatic heterocycles. The third kappa shape index (κ3) is 7.15. The summed E-state index contributed by atoms with van der Waals surface area (Å²) >= 11 is 0. The molecule has 0 aliphatic carbocycles. The molecule has 3 amide bonds. The van der Waals surface area contributed by atoms with Crippen molar-refractivity contribution in [2.45, 2.75) is 103 Å². The molecule has 3 aromatic carbocycles. The summed E-state index contributed by atoms with van der Waals surface area (Å²) in [5.41, 5.74) is 6.11. The van der Waals surface area contributed by atoms with E-state index in [9.17, 15) is 14.4 Å². The standard InChI is InChI=1S/C43H51N7O7/c1-22-15-34(49(20-22)42(53)57-43(4,5)6)38-44-19-32(46-38)26-10-12-28-27(16-26)21-56-35-18-29-25(17-30(28)35)11-13-31-37(29)47-39(45-31)33-14-9-23(2)50(33)40(51)36(24(3)54-7)48-41(52)55-8/h10-13,16-19,22-24,33-34,36H,9,14-15,20-21H2,1-8H3,(H,44,46)(H,45,47)(H,48,52)/t22-,23-,24+,33-,34?,36-/m0/s1. The van der Waals surface area contributed by atoms with Crippen LogP contribution >= 0.6 is 0 Å². The van der Waals surface area contributed by atoms with Gasteiger partial charge >= 0.3 is 12.2 Å². The molecular weight excluding hydrogens is 727 g/mol. The molecule has 6 atom stereocenters. The number of aromatic amines is 2. The minimum atomic E-state index is -0.923. The number of likely N-dealkylation sites (tertiary alicyclic amines) is 2. The van der Waals surface area contributed by atoms with Crippen LogP contribution in [0.1, 0.15) is 90.1 Å². The van der Waals surface area contributed by atoms with E-state index in [1.807, 2.05) is 44.9 Å². The second-order valence-electron chi connectivity index (χ2n) is 16.7. The second kappa shape index (κ2) is 14.7. The van der Waals surface area contributed by atoms with Crippen molar-refractivity contribution < 1.29 is 33.3 Å². The van der Waals surface area contributed by atoms with Crippen molar-refractivity contribution >= 4 is 39.9 Å². The van der Waals surface area contributed by atoms with Crippen molar-refractivity contribution in [1.29, 1.82) is 0 Å². The van der Waals surface area contributed by atoms with Crippen molar-refractivity contribution in [3.05, 3.63) is 65.9 Å². The Morgan fingerprint density at radius 3 is 2.54 bits per heavy atom. The number of ether oxygens (including phenoxy) is 4. The van der Waals surface area contributed by atoms with Gasteiger partial charge in [0, 0.05) is 30.6 Å². The van der Waals surface area contributed by atoms with Gasteiger partial charge in [0.2, 0.25) is 5.91 Å². The van der Waals surface area contributed by atoms with Crippen LogP contribution in [0.2, 0.25) is 0 Å². The third-order valence-electron chi connectivity index (χ3n) is 11.5. The number of nitrogens with one attached hydrogen (secondary N) is 3. The number of carbonyl (C=O) groups excluding carboxylic acids is 3. The number of amides is 3. The predicted octanol–water partition coefficient (Wildman–Crippen LogP) is 7.80. The van der Waals surface area contributed by atoms with Crippen LogP contribution in [0.5, 0.6) is 5.75 Å². The molecule has 5 heterocycles. The van der Waals surface area contributed by atoms with Gasteiger partial charge in [0.15, 0.2) is 0 Å². The predicted molar refractivity (Wildman–Crippen MR) is 214 cm³/mol. The Morgan fingerprint density at radius 1 is 0.982 bits per heavy atom. The van der Waals surface area contributed by atoms with Crippen LogP contribution in [0.25, 0.3) is 44.2 Å². The van der Waals surface area contributed by atoms with Crippen LogP contribution in [0, 0.1) is 5.92 Å². The molecule has 300 valence electrons. The SMILES string of the molecule is COC(=O)N[C@H](C(=O)N1[C@@H](C)CC[C@H]1c1nc2ccc3cc4c(cc3c2[nH]1)OCc1cc(-c2cnc(C3C[C@H](C)CN3C(=O)OC(C)(C)C)[nH]2)ccc1-4)[C@@H](C)OC. The van der Waals surface area contributed by atoms with Gasteiger partial charge in [-0.2, -0.15) is 0 Å². The summed E-state index contributed by atoms with van der Waals surface area (Å²) in [6.45, 7) is 12.6. The highest BCUT2D eigenvalue weighted by Gasteiger charge is 2.42. The summed E-state index contributed by atoms with van der Waals surface area (Å²) < 4.78 is 22.4. The first-order valence-electron chi connectivity index (χ1n) is 19.7. The molecule has 57 heavy (non-hydrogen) atoms. The number of imidazole rings is 2. The fourth-order valence-electron chi connectivity index (χ4n) is 8.60. The zero-order chi connectivity index (χ0) is 40.3. The van der Waals surface area contributed by atoms with Crippen molar-refractivity contribution in [3.8, 4) is 28.1 Å². The summed E-state index contributed by atoms with van der Waals surface area (Å²) in [7, 11) is 2.78. The molecule has 8 rings (SSSR count). The van der Waals surface area contributed by atoms with Crippen molar-refractivity contribution in [3.63, 3.8) is 0 Å². The minimum absolute atomic E-state index is 0.0691. The monoisotopic (exact) mass is 777 g/mol. The Bertz CT molecular complexity index is 2360. The Balaban J connectivity index is 1.06. The number of carbonyl (C=O) groups is 3. The molecule has 0 saturated carbocycles. The fourth-order valence-corrected chi connectivity index (χ4v) is 8.60. The Morgan fingerprint density at radius 2 is 1.79 bits per heavy atom. The van der Waals surface area contributed by atoms with E-state index in [1.165, 1.54) is 14.2 Å². The molecule has 14 nitrogen and oxygen atoms in total. The quantitative estimate of drug-likeness (QED) is 0.150. The van der Waals surface area contributed by atoms with Gasteiger partial charge in [-0.25, -0.2) is 19.6 Å². The number of fused-ring (bicyclic) bond motifs is 6. The molecule has 2 saturated heterocycles. The van der Waals surface area contributed by atoms with Crippen LogP contribution in [0.4, 0.5) is 9.59 Å². The smallest absolute Gasteiger partial charge is 0.410 e. The van der Waals surface area contributed by atoms with E-state index < -0.39 is 23.8 Å². The van der Waals surface area contributed by atoms with Gasteiger partial charge in [-0.1, -0.05) is 25.1 Å². The fraction of sp³-hybridized carbons (Fsp3) is 0.465. The van der Waals surface area contributed by atoms with Gasteiger partial charge in [-0.3, -0.25) is 9.69 Å². The maximum Gasteiger partial charge on any atom is 0.410 e. The molecule has 0 bridgehead atoms. The third-order valence-corrected chi connectivity index (χ3v) is 11.5. The topological polar surface area (TPSA) is 164 Å². The molecule has 5 aromatic rings. The van der Waals surface area contributed by atoms with Crippen molar-refractivity contribution in [2.24, 2.45) is 5.92 Å². The lowest BCUT2D eigenvalue weighted by molar-refractivity contribution is -0.139. The maximum atomic E-state index is 14.0. The van der Waals surface area contributed by atoms with Gasteiger partial charge in [0.25, 0.3) is 0 Å². The van der Waals surface area contributed by atoms with E-state index in [2.05, 4.69) is 58.6 Å². The van der Waals surface area contributed by atoms with Crippen LogP contribution in [0.15, 0.2) is 48.7 Å². The molecule has 14 heteroatoms. The van der Waals surface area contributed by atoms with Crippen LogP contribution < -0.4 is 10.1 Å². The Kier molecular flexibility index (Phi) is 9.87. The highest BCUT2D eigenvalue weighted by molar-refractivity contribution is 6.07. The van der Waals surface area contributed by atoms with Gasteiger partial charge in [-0.05, 0) is 106 Å². The van der Waals surface area contributed by atoms with E-state index in [0.29, 0.717) is 24.9 Å². The highest BCUT2D eigenvalue weighted by Crippen LogP contribution is 2.44. The van der Waals surface area contributed by atoms with Gasteiger partial charge in [0.1, 0.15) is 35.6 Å². The number of alkyl carbamates (subject to hydrolysis) is 1. The Hall–Kier alpha value is -5.63. The molecule has 3 aliphatic rings. The maximum absolute atomic E-state index is 14.0. The second-order valence-corrected chi connectivity index (χ2v) is 16.7. The average Bonchev–Trinajstić information content (AvgIpc) is 4.00. The zero-order valence-electron chi connectivity index (χ0n) is 33.8. The number of benzene rings is 3. The first kappa shape index (κ1) is 38.3. The number of hydrogen-bond acceptors (Lipinski definition) is 9. The molecule has 1 unspecified atom stereocenters. The average molecular weight is 778 g/mol. The molecule has 3 N–H and O–H groups in total. The number of aromatic nitrogens is 4. The highest BCUT2D eigenvalue weighted by atomic mass is 16.6. The summed E-state index contributed by atoms with van der Waals surface area (Å²) in [5.74, 6) is 2.31. The van der Waals surface area contributed by atoms with E-state index in [4.69, 9.17) is 28.9 Å². The van der Waals surface area contributed by atoms with E-state index >= 15 is 0 Å². The molecule has 2 aromatic heterocycles. The van der Waals surface area contributed by atoms with Crippen LogP contribution in [0.3, 0.4) is 0 Å². The summed E-state index contributed by atoms with van der Waals surface area (Å²) in [4.78, 5) is 59.7. The van der Waals surface area contributed by atoms with Crippen LogP contribution in [-0.2, 0) is 25.6 Å². The van der Waals surface area contributed by atoms with Crippen LogP contribution in [-0.4, -0.2) is 92.4 Å². The number of nitrogens with zero attached hydrogens (tertiary/aromatic N) is 4. The number of H-pyrrole nitrogens is 2. The van der Waals surface area contributed by atoms with Crippen molar-refractivity contribution in [2.75, 3.05) is 20.8 Å². The molecule has 2 fully saturated rings. The van der Waals surface area contributed by atoms with Gasteiger partial charge in [-0.15, -0.1) is 0 Å². The van der Waals surface area contributed by atoms with E-state index in [1.54, 1.807) is 11.8 Å². The van der Waals surface area contributed by atoms with E-state index in [0.717, 1.165) is 80.6 Å². The number of rotatable bonds is 7. The Labute approximate surface area is 331 Å². The summed E-state index contributed by atoms with van der Waals surface area (Å²) in [6, 6.07) is 13.2. The number of hydrogen-bond donors (Lipinski definition) is 3. The zero-order valence-corrected chi connectivity index (χ0v) is 33.8. The molecule has 0 spiro atoms. The lowest BCUT2D eigenvalue weighted by atomic mass is 9.92. The number of methoxy groups -OCH3 is 2. The largest absolute Gasteiger partial charge is 0.488 e. The molecule has 0 radical (unpaired) electrons. The lowest BCUT2D eigenvalue weighted by Gasteiger charge is -2.33. The van der Waals surface area contributed by atoms with Gasteiger partial charge < -0.3 is 39.1 Å².